The van der Waals surface area contributed by atoms with Gasteiger partial charge in [0.2, 0.25) is 0 Å². The maximum atomic E-state index is 13.8. The molecule has 2 aromatic heterocycles. The zero-order chi connectivity index (χ0) is 24.3. The molecule has 1 atom stereocenters. The van der Waals surface area contributed by atoms with Gasteiger partial charge in [0.05, 0.1) is 34.2 Å². The maximum Gasteiger partial charge on any atom is 0.254 e. The third-order valence-corrected chi connectivity index (χ3v) is 9.32. The third kappa shape index (κ3) is 4.20. The van der Waals surface area contributed by atoms with E-state index < -0.39 is 9.84 Å². The van der Waals surface area contributed by atoms with Crippen molar-refractivity contribution in [3.8, 4) is 0 Å². The number of rotatable bonds is 4. The lowest BCUT2D eigenvalue weighted by atomic mass is 10.1. The smallest absolute Gasteiger partial charge is 0.254 e. The first-order valence-corrected chi connectivity index (χ1v) is 14.3. The van der Waals surface area contributed by atoms with Gasteiger partial charge in [0.25, 0.3) is 5.91 Å². The molecule has 1 saturated carbocycles. The molecule has 184 valence electrons. The number of fused-ring (bicyclic) bond motifs is 1. The predicted molar refractivity (Wildman–Crippen MR) is 136 cm³/mol. The molecule has 0 radical (unpaired) electrons. The molecule has 0 N–H and O–H groups in total. The lowest BCUT2D eigenvalue weighted by molar-refractivity contribution is 0.0748. The van der Waals surface area contributed by atoms with Crippen LogP contribution in [0.3, 0.4) is 0 Å². The predicted octanol–water partition coefficient (Wildman–Crippen LogP) is 3.25. The molecule has 3 aromatic rings. The molecule has 6 rings (SSSR count). The monoisotopic (exact) mass is 493 g/mol. The summed E-state index contributed by atoms with van der Waals surface area (Å²) in [7, 11) is -3.06. The molecule has 3 fully saturated rings. The normalized spacial score (nSPS) is 22.2. The van der Waals surface area contributed by atoms with Gasteiger partial charge in [-0.25, -0.2) is 18.1 Å². The van der Waals surface area contributed by atoms with Crippen molar-refractivity contribution in [3.05, 3.63) is 52.8 Å². The van der Waals surface area contributed by atoms with E-state index in [1.54, 1.807) is 4.68 Å². The molecule has 3 aliphatic rings. The highest BCUT2D eigenvalue weighted by atomic mass is 32.2. The van der Waals surface area contributed by atoms with E-state index in [1.165, 1.54) is 11.3 Å². The SMILES string of the molecule is Cc1cccc(N2CCN(C(=O)c3cc(C4CC4)nc4c3c(C)nn4C3CCS(=O)(=O)C3)CC2)c1. The molecule has 4 heterocycles. The Morgan fingerprint density at radius 2 is 1.80 bits per heavy atom. The van der Waals surface area contributed by atoms with Gasteiger partial charge in [0.15, 0.2) is 15.5 Å². The fraction of sp³-hybridized carbons (Fsp3) is 0.500. The van der Waals surface area contributed by atoms with Gasteiger partial charge in [-0.3, -0.25) is 4.79 Å². The Bertz CT molecular complexity index is 1420. The summed E-state index contributed by atoms with van der Waals surface area (Å²) in [6.45, 7) is 6.88. The van der Waals surface area contributed by atoms with Crippen LogP contribution in [-0.2, 0) is 9.84 Å². The standard InChI is InChI=1S/C26H31N5O3S/c1-17-4-3-5-20(14-17)29-9-11-30(12-10-29)26(32)22-15-23(19-6-7-19)27-25-24(22)18(2)28-31(25)21-8-13-35(33,34)16-21/h3-5,14-15,19,21H,6-13,16H2,1-2H3. The van der Waals surface area contributed by atoms with Crippen molar-refractivity contribution in [2.45, 2.75) is 45.1 Å². The minimum Gasteiger partial charge on any atom is -0.368 e. The minimum atomic E-state index is -3.06. The van der Waals surface area contributed by atoms with Crippen LogP contribution in [0.25, 0.3) is 11.0 Å². The second-order valence-corrected chi connectivity index (χ2v) is 12.5. The summed E-state index contributed by atoms with van der Waals surface area (Å²) in [4.78, 5) is 23.0. The van der Waals surface area contributed by atoms with Gasteiger partial charge in [-0.1, -0.05) is 12.1 Å². The molecular weight excluding hydrogens is 462 g/mol. The van der Waals surface area contributed by atoms with Crippen molar-refractivity contribution in [2.24, 2.45) is 0 Å². The zero-order valence-electron chi connectivity index (χ0n) is 20.3. The summed E-state index contributed by atoms with van der Waals surface area (Å²) in [5, 5.41) is 5.49. The highest BCUT2D eigenvalue weighted by molar-refractivity contribution is 7.91. The van der Waals surface area contributed by atoms with Crippen LogP contribution in [0, 0.1) is 13.8 Å². The van der Waals surface area contributed by atoms with Crippen molar-refractivity contribution in [3.63, 3.8) is 0 Å². The van der Waals surface area contributed by atoms with E-state index in [4.69, 9.17) is 10.1 Å². The first-order valence-electron chi connectivity index (χ1n) is 12.5. The molecule has 0 spiro atoms. The fourth-order valence-electron chi connectivity index (χ4n) is 5.47. The number of pyridine rings is 1. The van der Waals surface area contributed by atoms with E-state index in [0.29, 0.717) is 36.6 Å². The van der Waals surface area contributed by atoms with E-state index in [9.17, 15) is 13.2 Å². The molecule has 1 aromatic carbocycles. The quantitative estimate of drug-likeness (QED) is 0.554. The lowest BCUT2D eigenvalue weighted by Crippen LogP contribution is -2.48. The van der Waals surface area contributed by atoms with E-state index >= 15 is 0 Å². The van der Waals surface area contributed by atoms with Crippen LogP contribution in [0.4, 0.5) is 5.69 Å². The van der Waals surface area contributed by atoms with E-state index in [2.05, 4.69) is 36.1 Å². The number of piperazine rings is 1. The molecule has 9 heteroatoms. The van der Waals surface area contributed by atoms with Gasteiger partial charge >= 0.3 is 0 Å². The maximum absolute atomic E-state index is 13.8. The topological polar surface area (TPSA) is 88.4 Å². The van der Waals surface area contributed by atoms with Crippen molar-refractivity contribution in [2.75, 3.05) is 42.6 Å². The third-order valence-electron chi connectivity index (χ3n) is 7.57. The summed E-state index contributed by atoms with van der Waals surface area (Å²) < 4.78 is 26.1. The molecule has 35 heavy (non-hydrogen) atoms. The molecule has 8 nitrogen and oxygen atoms in total. The van der Waals surface area contributed by atoms with Crippen molar-refractivity contribution in [1.82, 2.24) is 19.7 Å². The Morgan fingerprint density at radius 1 is 1.03 bits per heavy atom. The van der Waals surface area contributed by atoms with E-state index in [1.807, 2.05) is 17.9 Å². The molecule has 2 aliphatic heterocycles. The van der Waals surface area contributed by atoms with Gasteiger partial charge in [0.1, 0.15) is 0 Å². The van der Waals surface area contributed by atoms with Gasteiger partial charge < -0.3 is 9.80 Å². The molecule has 0 bridgehead atoms. The number of carbonyl (C=O) groups excluding carboxylic acids is 1. The van der Waals surface area contributed by atoms with Crippen molar-refractivity contribution < 1.29 is 13.2 Å². The molecule has 1 amide bonds. The number of nitrogens with zero attached hydrogens (tertiary/aromatic N) is 5. The second kappa shape index (κ2) is 8.33. The molecule has 2 saturated heterocycles. The second-order valence-electron chi connectivity index (χ2n) is 10.3. The van der Waals surface area contributed by atoms with Crippen LogP contribution in [0.5, 0.6) is 0 Å². The molecule has 1 unspecified atom stereocenters. The average molecular weight is 494 g/mol. The number of carbonyl (C=O) groups is 1. The van der Waals surface area contributed by atoms with Gasteiger partial charge in [-0.15, -0.1) is 0 Å². The summed E-state index contributed by atoms with van der Waals surface area (Å²) in [6, 6.07) is 10.2. The van der Waals surface area contributed by atoms with Crippen LogP contribution >= 0.6 is 0 Å². The number of anilines is 1. The number of sulfone groups is 1. The van der Waals surface area contributed by atoms with Crippen molar-refractivity contribution >= 4 is 32.5 Å². The molecule has 1 aliphatic carbocycles. The number of benzene rings is 1. The first kappa shape index (κ1) is 22.5. The average Bonchev–Trinajstić information content (AvgIpc) is 3.56. The Labute approximate surface area is 205 Å². The Hall–Kier alpha value is -2.94. The van der Waals surface area contributed by atoms with Gasteiger partial charge in [-0.05, 0) is 56.9 Å². The number of hydrogen-bond donors (Lipinski definition) is 0. The van der Waals surface area contributed by atoms with Crippen LogP contribution in [0.15, 0.2) is 30.3 Å². The Morgan fingerprint density at radius 3 is 2.46 bits per heavy atom. The Kier molecular flexibility index (Phi) is 5.36. The minimum absolute atomic E-state index is 0.0184. The first-order chi connectivity index (χ1) is 16.8. The summed E-state index contributed by atoms with van der Waals surface area (Å²) in [5.41, 5.74) is 5.42. The van der Waals surface area contributed by atoms with Crippen LogP contribution in [0.1, 0.15) is 58.5 Å². The number of amides is 1. The zero-order valence-corrected chi connectivity index (χ0v) is 21.1. The largest absolute Gasteiger partial charge is 0.368 e. The highest BCUT2D eigenvalue weighted by Crippen LogP contribution is 2.41. The van der Waals surface area contributed by atoms with Crippen molar-refractivity contribution in [1.29, 1.82) is 0 Å². The molecular formula is C26H31N5O3S. The van der Waals surface area contributed by atoms with Crippen LogP contribution in [0.2, 0.25) is 0 Å². The Balaban J connectivity index is 1.32. The number of aromatic nitrogens is 3. The van der Waals surface area contributed by atoms with Gasteiger partial charge in [-0.2, -0.15) is 5.10 Å². The summed E-state index contributed by atoms with van der Waals surface area (Å²) in [5.74, 6) is 0.658. The number of aryl methyl sites for hydroxylation is 2. The number of hydrogen-bond acceptors (Lipinski definition) is 6. The van der Waals surface area contributed by atoms with Gasteiger partial charge in [0, 0.05) is 43.5 Å². The lowest BCUT2D eigenvalue weighted by Gasteiger charge is -2.36. The van der Waals surface area contributed by atoms with Crippen LogP contribution in [-0.4, -0.2) is 71.7 Å². The van der Waals surface area contributed by atoms with E-state index in [0.717, 1.165) is 42.7 Å². The highest BCUT2D eigenvalue weighted by Gasteiger charge is 2.35. The summed E-state index contributed by atoms with van der Waals surface area (Å²) >= 11 is 0. The fourth-order valence-corrected chi connectivity index (χ4v) is 7.17. The van der Waals surface area contributed by atoms with E-state index in [-0.39, 0.29) is 23.5 Å². The summed E-state index contributed by atoms with van der Waals surface area (Å²) in [6.07, 6.45) is 2.69. The van der Waals surface area contributed by atoms with Crippen LogP contribution < -0.4 is 4.90 Å².